The predicted octanol–water partition coefficient (Wildman–Crippen LogP) is 3.46. The number of hydrogen-bond donors (Lipinski definition) is 3. The fraction of sp³-hybridized carbons (Fsp3) is 0.417. The largest absolute Gasteiger partial charge is 0.480 e. The Labute approximate surface area is 201 Å². The van der Waals surface area contributed by atoms with E-state index >= 15 is 0 Å². The molecule has 10 heteroatoms. The number of aliphatic carboxylic acids is 1. The van der Waals surface area contributed by atoms with Crippen LogP contribution in [0.4, 0.5) is 10.5 Å². The molecular formula is C24H33N3O6S. The van der Waals surface area contributed by atoms with Crippen molar-refractivity contribution in [1.82, 2.24) is 10.0 Å². The lowest BCUT2D eigenvalue weighted by atomic mass is 10.1. The van der Waals surface area contributed by atoms with Crippen LogP contribution in [0.2, 0.25) is 0 Å². The number of nitrogens with zero attached hydrogens (tertiary/aromatic N) is 1. The maximum absolute atomic E-state index is 12.7. The molecule has 186 valence electrons. The number of carbonyl (C=O) groups excluding carboxylic acids is 1. The van der Waals surface area contributed by atoms with Crippen molar-refractivity contribution in [2.24, 2.45) is 0 Å². The number of benzene rings is 2. The maximum atomic E-state index is 12.7. The number of amides is 1. The molecule has 0 unspecified atom stereocenters. The molecule has 0 spiro atoms. The summed E-state index contributed by atoms with van der Waals surface area (Å²) in [5.74, 6) is -1.29. The van der Waals surface area contributed by atoms with E-state index in [9.17, 15) is 23.1 Å². The molecule has 0 aromatic heterocycles. The zero-order chi connectivity index (χ0) is 25.5. The van der Waals surface area contributed by atoms with Crippen LogP contribution in [-0.4, -0.2) is 57.9 Å². The highest BCUT2D eigenvalue weighted by molar-refractivity contribution is 7.89. The lowest BCUT2D eigenvalue weighted by Crippen LogP contribution is -2.41. The molecular weight excluding hydrogens is 458 g/mol. The van der Waals surface area contributed by atoms with Crippen molar-refractivity contribution < 1.29 is 27.9 Å². The molecule has 0 aliphatic heterocycles. The van der Waals surface area contributed by atoms with Crippen LogP contribution in [0.3, 0.4) is 0 Å². The minimum absolute atomic E-state index is 0.000663. The van der Waals surface area contributed by atoms with Crippen molar-refractivity contribution in [3.05, 3.63) is 48.5 Å². The van der Waals surface area contributed by atoms with Gasteiger partial charge in [-0.1, -0.05) is 24.3 Å². The first-order valence-electron chi connectivity index (χ1n) is 10.9. The molecule has 1 amide bonds. The molecule has 3 N–H and O–H groups in total. The van der Waals surface area contributed by atoms with Crippen LogP contribution in [-0.2, 0) is 19.6 Å². The van der Waals surface area contributed by atoms with Gasteiger partial charge in [-0.15, -0.1) is 0 Å². The average molecular weight is 492 g/mol. The van der Waals surface area contributed by atoms with Gasteiger partial charge in [-0.2, -0.15) is 4.72 Å². The van der Waals surface area contributed by atoms with Gasteiger partial charge in [0.25, 0.3) is 0 Å². The molecule has 2 aromatic rings. The van der Waals surface area contributed by atoms with Crippen LogP contribution in [0.15, 0.2) is 53.4 Å². The molecule has 0 saturated carbocycles. The van der Waals surface area contributed by atoms with Crippen molar-refractivity contribution in [2.75, 3.05) is 25.5 Å². The Morgan fingerprint density at radius 3 is 2.00 bits per heavy atom. The van der Waals surface area contributed by atoms with E-state index in [0.29, 0.717) is 0 Å². The Kier molecular flexibility index (Phi) is 9.06. The second-order valence-corrected chi connectivity index (χ2v) is 10.8. The zero-order valence-electron chi connectivity index (χ0n) is 20.2. The van der Waals surface area contributed by atoms with Gasteiger partial charge < -0.3 is 20.1 Å². The second kappa shape index (κ2) is 11.3. The summed E-state index contributed by atoms with van der Waals surface area (Å²) in [6, 6.07) is 12.8. The Hall–Kier alpha value is -3.11. The molecule has 0 fully saturated rings. The van der Waals surface area contributed by atoms with E-state index in [2.05, 4.69) is 10.0 Å². The van der Waals surface area contributed by atoms with Gasteiger partial charge in [0.2, 0.25) is 10.0 Å². The molecule has 0 radical (unpaired) electrons. The summed E-state index contributed by atoms with van der Waals surface area (Å²) in [4.78, 5) is 25.2. The number of hydrogen-bond acceptors (Lipinski definition) is 6. The number of nitrogens with one attached hydrogen (secondary N) is 2. The smallest absolute Gasteiger partial charge is 0.407 e. The van der Waals surface area contributed by atoms with Crippen LogP contribution in [0.5, 0.6) is 0 Å². The summed E-state index contributed by atoms with van der Waals surface area (Å²) in [6.07, 6.45) is -0.363. The van der Waals surface area contributed by atoms with Gasteiger partial charge in [0.1, 0.15) is 11.6 Å². The molecule has 9 nitrogen and oxygen atoms in total. The fourth-order valence-electron chi connectivity index (χ4n) is 3.08. The number of anilines is 1. The normalized spacial score (nSPS) is 12.6. The van der Waals surface area contributed by atoms with Crippen LogP contribution < -0.4 is 14.9 Å². The molecule has 34 heavy (non-hydrogen) atoms. The molecule has 0 bridgehead atoms. The molecule has 0 aliphatic rings. The quantitative estimate of drug-likeness (QED) is 0.435. The van der Waals surface area contributed by atoms with Crippen LogP contribution in [0, 0.1) is 0 Å². The van der Waals surface area contributed by atoms with Crippen LogP contribution >= 0.6 is 0 Å². The molecule has 2 aromatic carbocycles. The highest BCUT2D eigenvalue weighted by Crippen LogP contribution is 2.24. The summed E-state index contributed by atoms with van der Waals surface area (Å²) < 4.78 is 32.8. The third kappa shape index (κ3) is 8.35. The second-order valence-electron chi connectivity index (χ2n) is 9.05. The monoisotopic (exact) mass is 491 g/mol. The Bertz CT molecular complexity index is 1080. The van der Waals surface area contributed by atoms with E-state index in [1.807, 2.05) is 43.3 Å². The lowest BCUT2D eigenvalue weighted by Gasteiger charge is -2.20. The summed E-state index contributed by atoms with van der Waals surface area (Å²) in [5.41, 5.74) is 2.18. The standard InChI is InChI=1S/C24H33N3O6S/c1-24(2,3)33-23(30)25-16-6-7-21(22(28)29)26-34(31,32)20-14-10-18(11-15-20)17-8-12-19(13-9-17)27(4)5/h8-15,21,26H,6-7,16H2,1-5H3,(H,25,30)(H,28,29)/t21-/m0/s1. The minimum atomic E-state index is -4.05. The number of alkyl carbamates (subject to hydrolysis) is 1. The molecule has 1 atom stereocenters. The predicted molar refractivity (Wildman–Crippen MR) is 131 cm³/mol. The van der Waals surface area contributed by atoms with E-state index in [4.69, 9.17) is 4.74 Å². The Morgan fingerprint density at radius 2 is 1.53 bits per heavy atom. The van der Waals surface area contributed by atoms with Gasteiger partial charge in [0.15, 0.2) is 0 Å². The van der Waals surface area contributed by atoms with Gasteiger partial charge in [0.05, 0.1) is 4.90 Å². The van der Waals surface area contributed by atoms with Crippen molar-refractivity contribution in [1.29, 1.82) is 0 Å². The first kappa shape index (κ1) is 27.1. The van der Waals surface area contributed by atoms with Crippen LogP contribution in [0.1, 0.15) is 33.6 Å². The Balaban J connectivity index is 1.99. The number of carboxylic acids is 1. The van der Waals surface area contributed by atoms with E-state index in [1.54, 1.807) is 32.9 Å². The van der Waals surface area contributed by atoms with Gasteiger partial charge in [-0.3, -0.25) is 4.79 Å². The highest BCUT2D eigenvalue weighted by atomic mass is 32.2. The summed E-state index contributed by atoms with van der Waals surface area (Å²) in [5, 5.41) is 12.0. The lowest BCUT2D eigenvalue weighted by molar-refractivity contribution is -0.139. The molecule has 2 rings (SSSR count). The van der Waals surface area contributed by atoms with E-state index in [1.165, 1.54) is 12.1 Å². The minimum Gasteiger partial charge on any atom is -0.480 e. The van der Waals surface area contributed by atoms with Crippen molar-refractivity contribution in [2.45, 2.75) is 50.2 Å². The number of carboxylic acid groups (broad SMARTS) is 1. The third-order valence-corrected chi connectivity index (χ3v) is 6.30. The third-order valence-electron chi connectivity index (χ3n) is 4.81. The average Bonchev–Trinajstić information content (AvgIpc) is 2.74. The Morgan fingerprint density at radius 1 is 1.00 bits per heavy atom. The van der Waals surface area contributed by atoms with Gasteiger partial charge in [0, 0.05) is 26.3 Å². The number of ether oxygens (including phenoxy) is 1. The molecule has 0 heterocycles. The summed E-state index contributed by atoms with van der Waals surface area (Å²) in [6.45, 7) is 5.35. The maximum Gasteiger partial charge on any atom is 0.407 e. The van der Waals surface area contributed by atoms with Gasteiger partial charge in [-0.25, -0.2) is 13.2 Å². The molecule has 0 saturated heterocycles. The van der Waals surface area contributed by atoms with Crippen molar-refractivity contribution in [3.8, 4) is 11.1 Å². The van der Waals surface area contributed by atoms with Gasteiger partial charge >= 0.3 is 12.1 Å². The first-order chi connectivity index (χ1) is 15.8. The number of carbonyl (C=O) groups is 2. The number of sulfonamides is 1. The van der Waals surface area contributed by atoms with E-state index < -0.39 is 33.7 Å². The first-order valence-corrected chi connectivity index (χ1v) is 12.4. The van der Waals surface area contributed by atoms with Crippen molar-refractivity contribution >= 4 is 27.8 Å². The highest BCUT2D eigenvalue weighted by Gasteiger charge is 2.25. The molecule has 0 aliphatic carbocycles. The van der Waals surface area contributed by atoms with Gasteiger partial charge in [-0.05, 0) is 69.0 Å². The number of rotatable bonds is 10. The fourth-order valence-corrected chi connectivity index (χ4v) is 4.30. The zero-order valence-corrected chi connectivity index (χ0v) is 21.0. The van der Waals surface area contributed by atoms with E-state index in [-0.39, 0.29) is 24.3 Å². The summed E-state index contributed by atoms with van der Waals surface area (Å²) in [7, 11) is -0.152. The van der Waals surface area contributed by atoms with Crippen molar-refractivity contribution in [3.63, 3.8) is 0 Å². The topological polar surface area (TPSA) is 125 Å². The SMILES string of the molecule is CN(C)c1ccc(-c2ccc(S(=O)(=O)N[C@@H](CCCNC(=O)OC(C)(C)C)C(=O)O)cc2)cc1. The van der Waals surface area contributed by atoms with E-state index in [0.717, 1.165) is 16.8 Å². The summed E-state index contributed by atoms with van der Waals surface area (Å²) >= 11 is 0. The van der Waals surface area contributed by atoms with Crippen LogP contribution in [0.25, 0.3) is 11.1 Å².